The van der Waals surface area contributed by atoms with Crippen molar-refractivity contribution in [2.45, 2.75) is 57.4 Å². The highest BCUT2D eigenvalue weighted by molar-refractivity contribution is 7.89. The highest BCUT2D eigenvalue weighted by atomic mass is 32.2. The first-order valence-electron chi connectivity index (χ1n) is 10.9. The number of sulfonamides is 1. The first-order chi connectivity index (χ1) is 15.3. The average molecular weight is 473 g/mol. The molecule has 1 atom stereocenters. The zero-order valence-electron chi connectivity index (χ0n) is 18.5. The Hall–Kier alpha value is -2.49. The van der Waals surface area contributed by atoms with Crippen molar-refractivity contribution in [1.29, 1.82) is 0 Å². The Balaban J connectivity index is 1.45. The smallest absolute Gasteiger partial charge is 0.269 e. The first-order valence-corrected chi connectivity index (χ1v) is 13.1. The molecular formula is C23H28N4O3S2. The van der Waals surface area contributed by atoms with Gasteiger partial charge in [0.05, 0.1) is 15.1 Å². The summed E-state index contributed by atoms with van der Waals surface area (Å²) in [5.74, 6) is -0.356. The van der Waals surface area contributed by atoms with Crippen molar-refractivity contribution in [3.8, 4) is 0 Å². The molecule has 2 N–H and O–H groups in total. The second kappa shape index (κ2) is 9.17. The number of hydrogen-bond acceptors (Lipinski definition) is 6. The van der Waals surface area contributed by atoms with E-state index in [0.29, 0.717) is 17.2 Å². The van der Waals surface area contributed by atoms with Crippen LogP contribution >= 0.6 is 11.3 Å². The Kier molecular flexibility index (Phi) is 6.50. The molecule has 3 aromatic rings. The third-order valence-electron chi connectivity index (χ3n) is 5.87. The molecule has 9 heteroatoms. The maximum Gasteiger partial charge on any atom is 0.269 e. The Morgan fingerprint density at radius 2 is 1.94 bits per heavy atom. The number of piperidine rings is 1. The van der Waals surface area contributed by atoms with Gasteiger partial charge in [0.15, 0.2) is 0 Å². The summed E-state index contributed by atoms with van der Waals surface area (Å²) >= 11 is 1.47. The number of carbonyl (C=O) groups is 1. The van der Waals surface area contributed by atoms with E-state index in [0.717, 1.165) is 47.0 Å². The van der Waals surface area contributed by atoms with Gasteiger partial charge in [-0.05, 0) is 74.6 Å². The summed E-state index contributed by atoms with van der Waals surface area (Å²) in [5.41, 5.74) is 9.06. The molecule has 0 radical (unpaired) electrons. The lowest BCUT2D eigenvalue weighted by Crippen LogP contribution is -2.43. The molecule has 7 nitrogen and oxygen atoms in total. The summed E-state index contributed by atoms with van der Waals surface area (Å²) in [6.07, 6.45) is 3.64. The van der Waals surface area contributed by atoms with Crippen LogP contribution in [0.2, 0.25) is 0 Å². The number of hydrogen-bond donors (Lipinski definition) is 2. The van der Waals surface area contributed by atoms with Crippen LogP contribution in [0.25, 0.3) is 10.2 Å². The third-order valence-corrected chi connectivity index (χ3v) is 8.96. The van der Waals surface area contributed by atoms with Gasteiger partial charge in [-0.1, -0.05) is 30.7 Å². The molecule has 1 saturated heterocycles. The standard InChI is InChI=1S/C23H28N4O3S2/c1-4-18-7-5-6-12-27(18)32(29,30)19-10-8-17(9-11-19)22(28)25-26-23-24-20-14-15(2)13-16(3)21(20)31-23/h8-11,13-14,18H,4-7,12H2,1-3H3,(H,24,26)(H,25,28). The summed E-state index contributed by atoms with van der Waals surface area (Å²) in [4.78, 5) is 17.3. The van der Waals surface area contributed by atoms with Gasteiger partial charge < -0.3 is 0 Å². The van der Waals surface area contributed by atoms with E-state index < -0.39 is 10.0 Å². The molecule has 170 valence electrons. The van der Waals surface area contributed by atoms with Crippen molar-refractivity contribution >= 4 is 42.6 Å². The minimum absolute atomic E-state index is 0.0437. The molecule has 1 fully saturated rings. The number of rotatable bonds is 6. The van der Waals surface area contributed by atoms with Gasteiger partial charge in [-0.3, -0.25) is 15.6 Å². The summed E-state index contributed by atoms with van der Waals surface area (Å²) < 4.78 is 28.9. The van der Waals surface area contributed by atoms with E-state index in [2.05, 4.69) is 21.9 Å². The van der Waals surface area contributed by atoms with Crippen LogP contribution in [0.15, 0.2) is 41.3 Å². The van der Waals surface area contributed by atoms with Crippen molar-refractivity contribution in [3.05, 3.63) is 53.1 Å². The summed E-state index contributed by atoms with van der Waals surface area (Å²) in [6.45, 7) is 6.64. The maximum atomic E-state index is 13.1. The normalized spacial score (nSPS) is 17.4. The van der Waals surface area contributed by atoms with Gasteiger partial charge in [0, 0.05) is 18.2 Å². The molecule has 0 saturated carbocycles. The molecule has 32 heavy (non-hydrogen) atoms. The maximum absolute atomic E-state index is 13.1. The minimum atomic E-state index is -3.57. The number of amides is 1. The van der Waals surface area contributed by atoms with Crippen LogP contribution in [0.3, 0.4) is 0 Å². The van der Waals surface area contributed by atoms with Crippen molar-refractivity contribution in [3.63, 3.8) is 0 Å². The average Bonchev–Trinajstić information content (AvgIpc) is 3.20. The number of nitrogens with one attached hydrogen (secondary N) is 2. The Morgan fingerprint density at radius 1 is 1.19 bits per heavy atom. The predicted octanol–water partition coefficient (Wildman–Crippen LogP) is 4.62. The lowest BCUT2D eigenvalue weighted by atomic mass is 10.0. The number of benzene rings is 2. The Bertz CT molecular complexity index is 1240. The quantitative estimate of drug-likeness (QED) is 0.511. The van der Waals surface area contributed by atoms with E-state index in [1.807, 2.05) is 26.8 Å². The van der Waals surface area contributed by atoms with E-state index >= 15 is 0 Å². The van der Waals surface area contributed by atoms with Crippen LogP contribution in [-0.2, 0) is 10.0 Å². The monoisotopic (exact) mass is 472 g/mol. The van der Waals surface area contributed by atoms with Crippen LogP contribution < -0.4 is 10.9 Å². The minimum Gasteiger partial charge on any atom is -0.273 e. The number of aromatic nitrogens is 1. The van der Waals surface area contributed by atoms with Crippen LogP contribution in [0.4, 0.5) is 5.13 Å². The fraction of sp³-hybridized carbons (Fsp3) is 0.391. The molecule has 1 aromatic heterocycles. The summed E-state index contributed by atoms with van der Waals surface area (Å²) in [7, 11) is -3.57. The molecule has 2 heterocycles. The summed E-state index contributed by atoms with van der Waals surface area (Å²) in [6, 6.07) is 10.3. The molecular weight excluding hydrogens is 444 g/mol. The predicted molar refractivity (Wildman–Crippen MR) is 128 cm³/mol. The van der Waals surface area contributed by atoms with E-state index in [9.17, 15) is 13.2 Å². The molecule has 4 rings (SSSR count). The topological polar surface area (TPSA) is 91.4 Å². The van der Waals surface area contributed by atoms with Gasteiger partial charge in [0.25, 0.3) is 5.91 Å². The number of thiazole rings is 1. The van der Waals surface area contributed by atoms with Crippen LogP contribution in [0.5, 0.6) is 0 Å². The third kappa shape index (κ3) is 4.51. The molecule has 1 aliphatic rings. The number of carbonyl (C=O) groups excluding carboxylic acids is 1. The highest BCUT2D eigenvalue weighted by Gasteiger charge is 2.32. The number of fused-ring (bicyclic) bond motifs is 1. The number of nitrogens with zero attached hydrogens (tertiary/aromatic N) is 2. The molecule has 0 bridgehead atoms. The van der Waals surface area contributed by atoms with Crippen LogP contribution in [-0.4, -0.2) is 36.2 Å². The Labute approximate surface area is 192 Å². The van der Waals surface area contributed by atoms with Crippen molar-refractivity contribution < 1.29 is 13.2 Å². The van der Waals surface area contributed by atoms with Gasteiger partial charge in [-0.2, -0.15) is 4.31 Å². The van der Waals surface area contributed by atoms with E-state index in [-0.39, 0.29) is 16.8 Å². The second-order valence-corrected chi connectivity index (χ2v) is 11.1. The molecule has 1 aliphatic heterocycles. The van der Waals surface area contributed by atoms with Gasteiger partial charge >= 0.3 is 0 Å². The largest absolute Gasteiger partial charge is 0.273 e. The number of aryl methyl sites for hydroxylation is 2. The zero-order valence-corrected chi connectivity index (χ0v) is 20.1. The summed E-state index contributed by atoms with van der Waals surface area (Å²) in [5, 5.41) is 0.594. The van der Waals surface area contributed by atoms with Crippen LogP contribution in [0.1, 0.15) is 54.1 Å². The van der Waals surface area contributed by atoms with Crippen molar-refractivity contribution in [2.75, 3.05) is 12.0 Å². The number of hydrazine groups is 1. The lowest BCUT2D eigenvalue weighted by molar-refractivity contribution is 0.0962. The highest BCUT2D eigenvalue weighted by Crippen LogP contribution is 2.30. The molecule has 1 unspecified atom stereocenters. The SMILES string of the molecule is CCC1CCCCN1S(=O)(=O)c1ccc(C(=O)NNc2nc3cc(C)cc(C)c3s2)cc1. The number of anilines is 1. The molecule has 2 aromatic carbocycles. The second-order valence-electron chi connectivity index (χ2n) is 8.23. The first kappa shape index (κ1) is 22.7. The van der Waals surface area contributed by atoms with E-state index in [1.165, 1.54) is 23.5 Å². The van der Waals surface area contributed by atoms with Gasteiger partial charge in [-0.15, -0.1) is 0 Å². The fourth-order valence-corrected chi connectivity index (χ4v) is 6.86. The molecule has 0 aliphatic carbocycles. The lowest BCUT2D eigenvalue weighted by Gasteiger charge is -2.34. The fourth-order valence-electron chi connectivity index (χ4n) is 4.22. The van der Waals surface area contributed by atoms with E-state index in [4.69, 9.17) is 0 Å². The van der Waals surface area contributed by atoms with Crippen molar-refractivity contribution in [1.82, 2.24) is 14.7 Å². The van der Waals surface area contributed by atoms with Crippen LogP contribution in [0, 0.1) is 13.8 Å². The molecule has 0 spiro atoms. The molecule has 1 amide bonds. The van der Waals surface area contributed by atoms with Gasteiger partial charge in [-0.25, -0.2) is 13.4 Å². The van der Waals surface area contributed by atoms with Gasteiger partial charge in [0.2, 0.25) is 15.2 Å². The van der Waals surface area contributed by atoms with E-state index in [1.54, 1.807) is 16.4 Å². The Morgan fingerprint density at radius 3 is 2.66 bits per heavy atom. The van der Waals surface area contributed by atoms with Crippen molar-refractivity contribution in [2.24, 2.45) is 0 Å². The van der Waals surface area contributed by atoms with Gasteiger partial charge in [0.1, 0.15) is 0 Å². The zero-order chi connectivity index (χ0) is 22.9.